The maximum Gasteiger partial charge on any atom is 0.329 e. The Morgan fingerprint density at radius 3 is 2.48 bits per heavy atom. The molecule has 0 saturated carbocycles. The van der Waals surface area contributed by atoms with E-state index < -0.39 is 46.6 Å². The number of carbonyl (C=O) groups is 3. The molecule has 0 N–H and O–H groups in total. The number of imide groups is 1. The van der Waals surface area contributed by atoms with Gasteiger partial charge in [0.25, 0.3) is 5.69 Å². The number of ether oxygens (including phenoxy) is 2. The molecule has 10 nitrogen and oxygen atoms in total. The number of nitro benzene ring substituents is 1. The fourth-order valence-corrected chi connectivity index (χ4v) is 5.15. The number of anilines is 1. The Balaban J connectivity index is 1.67. The minimum Gasteiger partial charge on any atom is -0.495 e. The normalized spacial score (nSPS) is 24.9. The third-order valence-electron chi connectivity index (χ3n) is 6.52. The molecular weight excluding hydrogens is 430 g/mol. The molecule has 3 aliphatic heterocycles. The zero-order valence-electron chi connectivity index (χ0n) is 17.7. The highest BCUT2D eigenvalue weighted by Crippen LogP contribution is 2.54. The Kier molecular flexibility index (Phi) is 4.66. The van der Waals surface area contributed by atoms with E-state index in [0.717, 1.165) is 22.1 Å². The second-order valence-corrected chi connectivity index (χ2v) is 7.98. The van der Waals surface area contributed by atoms with Gasteiger partial charge in [0.1, 0.15) is 17.5 Å². The lowest BCUT2D eigenvalue weighted by Gasteiger charge is -2.34. The summed E-state index contributed by atoms with van der Waals surface area (Å²) in [4.78, 5) is 53.5. The lowest BCUT2D eigenvalue weighted by atomic mass is 9.84. The van der Waals surface area contributed by atoms with Crippen LogP contribution >= 0.6 is 0 Å². The highest BCUT2D eigenvalue weighted by Gasteiger charge is 2.65. The van der Waals surface area contributed by atoms with E-state index >= 15 is 0 Å². The second-order valence-electron chi connectivity index (χ2n) is 7.98. The molecule has 2 aromatic carbocycles. The van der Waals surface area contributed by atoms with Crippen molar-refractivity contribution in [3.63, 3.8) is 0 Å². The van der Waals surface area contributed by atoms with Gasteiger partial charge in [0.15, 0.2) is 0 Å². The van der Waals surface area contributed by atoms with Gasteiger partial charge in [-0.3, -0.25) is 19.7 Å². The smallest absolute Gasteiger partial charge is 0.329 e. The number of hydrogen-bond acceptors (Lipinski definition) is 8. The highest BCUT2D eigenvalue weighted by molar-refractivity contribution is 6.24. The molecular formula is C23H19N3O7. The van der Waals surface area contributed by atoms with Crippen LogP contribution in [0.2, 0.25) is 0 Å². The van der Waals surface area contributed by atoms with Crippen LogP contribution in [0.4, 0.5) is 11.4 Å². The van der Waals surface area contributed by atoms with E-state index in [1.807, 2.05) is 30.3 Å². The lowest BCUT2D eigenvalue weighted by molar-refractivity contribution is -0.384. The number of non-ortho nitro benzene ring substituents is 1. The molecule has 5 rings (SSSR count). The van der Waals surface area contributed by atoms with Crippen molar-refractivity contribution in [3.8, 4) is 5.75 Å². The molecule has 0 aliphatic carbocycles. The van der Waals surface area contributed by atoms with Gasteiger partial charge in [-0.2, -0.15) is 0 Å². The monoisotopic (exact) mass is 449 g/mol. The van der Waals surface area contributed by atoms with Crippen molar-refractivity contribution >= 4 is 35.2 Å². The van der Waals surface area contributed by atoms with Gasteiger partial charge in [-0.25, -0.2) is 9.69 Å². The van der Waals surface area contributed by atoms with Gasteiger partial charge >= 0.3 is 5.97 Å². The van der Waals surface area contributed by atoms with Crippen molar-refractivity contribution in [1.82, 2.24) is 4.90 Å². The summed E-state index contributed by atoms with van der Waals surface area (Å²) < 4.78 is 10.3. The summed E-state index contributed by atoms with van der Waals surface area (Å²) in [6.45, 7) is 0. The second kappa shape index (κ2) is 7.44. The molecule has 2 saturated heterocycles. The third-order valence-corrected chi connectivity index (χ3v) is 6.52. The number of fused-ring (bicyclic) bond motifs is 5. The number of benzene rings is 2. The molecule has 0 radical (unpaired) electrons. The van der Waals surface area contributed by atoms with Crippen LogP contribution in [0.1, 0.15) is 17.2 Å². The molecule has 168 valence electrons. The topological polar surface area (TPSA) is 119 Å². The van der Waals surface area contributed by atoms with Crippen LogP contribution in [-0.2, 0) is 19.1 Å². The number of esters is 1. The van der Waals surface area contributed by atoms with Crippen molar-refractivity contribution in [2.45, 2.75) is 12.1 Å². The van der Waals surface area contributed by atoms with E-state index in [1.54, 1.807) is 11.1 Å². The number of nitro groups is 1. The minimum absolute atomic E-state index is 0.0223. The molecule has 4 atom stereocenters. The maximum atomic E-state index is 13.7. The summed E-state index contributed by atoms with van der Waals surface area (Å²) >= 11 is 0. The molecule has 0 unspecified atom stereocenters. The molecule has 0 bridgehead atoms. The standard InChI is InChI=1S/C23H19N3O7/c1-32-16-8-7-13(26(30)31)11-15(16)25-21(27)17-18(22(25)28)20(23(29)33-2)24-10-9-12-5-3-4-6-14(12)19(17)24/h3-11,17-20H,1-2H3/t17-,18+,19+,20-/m0/s1. The van der Waals surface area contributed by atoms with Crippen LogP contribution < -0.4 is 9.64 Å². The lowest BCUT2D eigenvalue weighted by Crippen LogP contribution is -2.44. The van der Waals surface area contributed by atoms with E-state index in [1.165, 1.54) is 26.4 Å². The first-order valence-corrected chi connectivity index (χ1v) is 10.2. The van der Waals surface area contributed by atoms with E-state index in [2.05, 4.69) is 0 Å². The SMILES string of the molecule is COC(=O)[C@@H]1[C@@H]2C(=O)N(c3cc([N+](=O)[O-])ccc3OC)C(=O)[C@@H]2[C@H]2c3ccccc3C=CN12. The zero-order chi connectivity index (χ0) is 23.4. The van der Waals surface area contributed by atoms with Gasteiger partial charge < -0.3 is 14.4 Å². The van der Waals surface area contributed by atoms with Gasteiger partial charge in [0.2, 0.25) is 11.8 Å². The average molecular weight is 449 g/mol. The predicted molar refractivity (Wildman–Crippen MR) is 115 cm³/mol. The van der Waals surface area contributed by atoms with Crippen molar-refractivity contribution in [2.75, 3.05) is 19.1 Å². The van der Waals surface area contributed by atoms with Gasteiger partial charge in [0.05, 0.1) is 37.0 Å². The predicted octanol–water partition coefficient (Wildman–Crippen LogP) is 2.29. The summed E-state index contributed by atoms with van der Waals surface area (Å²) in [5, 5.41) is 11.3. The molecule has 2 amide bonds. The molecule has 3 aliphatic rings. The van der Waals surface area contributed by atoms with Crippen LogP contribution in [0.25, 0.3) is 6.08 Å². The number of amides is 2. The summed E-state index contributed by atoms with van der Waals surface area (Å²) in [6.07, 6.45) is 3.55. The average Bonchev–Trinajstić information content (AvgIpc) is 3.30. The summed E-state index contributed by atoms with van der Waals surface area (Å²) in [5.74, 6) is -3.57. The molecule has 3 heterocycles. The van der Waals surface area contributed by atoms with Gasteiger partial charge in [-0.15, -0.1) is 0 Å². The highest BCUT2D eigenvalue weighted by atomic mass is 16.6. The van der Waals surface area contributed by atoms with E-state index in [9.17, 15) is 24.5 Å². The van der Waals surface area contributed by atoms with Crippen LogP contribution in [0.5, 0.6) is 5.75 Å². The summed E-state index contributed by atoms with van der Waals surface area (Å²) in [7, 11) is 2.58. The first-order chi connectivity index (χ1) is 15.9. The molecule has 2 aromatic rings. The Morgan fingerprint density at radius 1 is 1.06 bits per heavy atom. The number of nitrogens with zero attached hydrogens (tertiary/aromatic N) is 3. The Labute approximate surface area is 188 Å². The van der Waals surface area contributed by atoms with E-state index in [0.29, 0.717) is 0 Å². The van der Waals surface area contributed by atoms with E-state index in [4.69, 9.17) is 9.47 Å². The Morgan fingerprint density at radius 2 is 1.79 bits per heavy atom. The number of hydrogen-bond donors (Lipinski definition) is 0. The summed E-state index contributed by atoms with van der Waals surface area (Å²) in [6, 6.07) is 9.58. The molecule has 10 heteroatoms. The van der Waals surface area contributed by atoms with Crippen molar-refractivity contribution < 1.29 is 28.8 Å². The Bertz CT molecular complexity index is 1240. The van der Waals surface area contributed by atoms with E-state index in [-0.39, 0.29) is 17.1 Å². The van der Waals surface area contributed by atoms with Crippen molar-refractivity contribution in [1.29, 1.82) is 0 Å². The first kappa shape index (κ1) is 20.7. The quantitative estimate of drug-likeness (QED) is 0.302. The fourth-order valence-electron chi connectivity index (χ4n) is 5.15. The molecule has 0 aromatic heterocycles. The minimum atomic E-state index is -1.02. The first-order valence-electron chi connectivity index (χ1n) is 10.2. The summed E-state index contributed by atoms with van der Waals surface area (Å²) in [5.41, 5.74) is 1.39. The van der Waals surface area contributed by atoms with Gasteiger partial charge in [-0.05, 0) is 23.3 Å². The van der Waals surface area contributed by atoms with Crippen molar-refractivity contribution in [2.24, 2.45) is 11.8 Å². The van der Waals surface area contributed by atoms with Gasteiger partial charge in [-0.1, -0.05) is 24.3 Å². The fraction of sp³-hybridized carbons (Fsp3) is 0.261. The maximum absolute atomic E-state index is 13.7. The molecule has 33 heavy (non-hydrogen) atoms. The Hall–Kier alpha value is -4.21. The third kappa shape index (κ3) is 2.83. The zero-order valence-corrected chi connectivity index (χ0v) is 17.7. The number of carbonyl (C=O) groups excluding carboxylic acids is 3. The van der Waals surface area contributed by atoms with Crippen molar-refractivity contribution in [3.05, 3.63) is 69.9 Å². The number of rotatable bonds is 4. The number of methoxy groups -OCH3 is 2. The largest absolute Gasteiger partial charge is 0.495 e. The van der Waals surface area contributed by atoms with Crippen LogP contribution in [-0.4, -0.2) is 47.9 Å². The molecule has 0 spiro atoms. The van der Waals surface area contributed by atoms with Gasteiger partial charge in [0, 0.05) is 18.3 Å². The van der Waals surface area contributed by atoms with Crippen LogP contribution in [0.3, 0.4) is 0 Å². The van der Waals surface area contributed by atoms with Crippen LogP contribution in [0, 0.1) is 22.0 Å². The molecule has 2 fully saturated rings. The van der Waals surface area contributed by atoms with Crippen LogP contribution in [0.15, 0.2) is 48.7 Å².